The van der Waals surface area contributed by atoms with Crippen LogP contribution in [0.25, 0.3) is 32.6 Å². The molecule has 3 fully saturated rings. The van der Waals surface area contributed by atoms with Crippen LogP contribution in [0.2, 0.25) is 0 Å². The molecule has 56 heavy (non-hydrogen) atoms. The zero-order valence-electron chi connectivity index (χ0n) is 32.7. The van der Waals surface area contributed by atoms with E-state index in [2.05, 4.69) is 70.2 Å². The average molecular weight is 759 g/mol. The van der Waals surface area contributed by atoms with Crippen molar-refractivity contribution in [2.75, 3.05) is 26.3 Å². The number of nitrogens with zero attached hydrogens (tertiary/aromatic N) is 6. The van der Waals surface area contributed by atoms with Gasteiger partial charge in [0.05, 0.1) is 30.2 Å². The zero-order chi connectivity index (χ0) is 38.3. The van der Waals surface area contributed by atoms with Gasteiger partial charge in [-0.15, -0.1) is 0 Å². The third kappa shape index (κ3) is 8.38. The van der Waals surface area contributed by atoms with Gasteiger partial charge in [0.15, 0.2) is 0 Å². The Morgan fingerprint density at radius 2 is 1.46 bits per heavy atom. The molecule has 1 saturated heterocycles. The van der Waals surface area contributed by atoms with E-state index in [0.717, 1.165) is 108 Å². The molecule has 3 aromatic carbocycles. The molecule has 0 bridgehead atoms. The molecule has 0 spiro atoms. The van der Waals surface area contributed by atoms with Crippen LogP contribution in [0.5, 0.6) is 0 Å². The van der Waals surface area contributed by atoms with Gasteiger partial charge >= 0.3 is 12.2 Å². The van der Waals surface area contributed by atoms with Crippen LogP contribution in [0.4, 0.5) is 9.59 Å². The highest BCUT2D eigenvalue weighted by Gasteiger charge is 2.25. The molecule has 3 heterocycles. The van der Waals surface area contributed by atoms with E-state index >= 15 is 0 Å². The largest absolute Gasteiger partial charge is 0.445 e. The maximum absolute atomic E-state index is 13.3. The van der Waals surface area contributed by atoms with E-state index in [0.29, 0.717) is 38.1 Å². The van der Waals surface area contributed by atoms with Gasteiger partial charge in [-0.05, 0) is 54.7 Å². The molecule has 1 amide bonds. The van der Waals surface area contributed by atoms with Gasteiger partial charge in [0, 0.05) is 64.8 Å². The lowest BCUT2D eigenvalue weighted by atomic mass is 9.83. The van der Waals surface area contributed by atoms with E-state index in [9.17, 15) is 9.59 Å². The number of carbonyl (C=O) groups is 2. The number of oxime groups is 2. The highest BCUT2D eigenvalue weighted by Crippen LogP contribution is 2.39. The number of hydrogen-bond donors (Lipinski definition) is 0. The summed E-state index contributed by atoms with van der Waals surface area (Å²) in [6.45, 7) is 5.10. The molecule has 1 aliphatic heterocycles. The van der Waals surface area contributed by atoms with Gasteiger partial charge in [-0.1, -0.05) is 118 Å². The first-order valence-corrected chi connectivity index (χ1v) is 20.9. The lowest BCUT2D eigenvalue weighted by Crippen LogP contribution is -2.40. The molecule has 0 N–H and O–H groups in total. The smallest absolute Gasteiger partial charge is 0.378 e. The van der Waals surface area contributed by atoms with E-state index in [1.807, 2.05) is 0 Å². The maximum atomic E-state index is 13.3. The van der Waals surface area contributed by atoms with Crippen LogP contribution in [0.1, 0.15) is 108 Å². The number of ether oxygens (including phenoxy) is 1. The van der Waals surface area contributed by atoms with Crippen molar-refractivity contribution in [2.45, 2.75) is 103 Å². The van der Waals surface area contributed by atoms with Gasteiger partial charge in [0.25, 0.3) is 0 Å². The van der Waals surface area contributed by atoms with Crippen molar-refractivity contribution in [2.24, 2.45) is 22.1 Å². The SMILES string of the molecule is CCCCn1c2ccc(/C(CC3CCCCC3)=N/OC(=O)n3ccnc3)cc2c2cc(/C(CC3CCCCC3)=N/OC(=O)N3CCOCC3)c3ccccc3c21. The Bertz CT molecular complexity index is 2200. The van der Waals surface area contributed by atoms with Gasteiger partial charge in [-0.25, -0.2) is 19.1 Å². The minimum Gasteiger partial charge on any atom is -0.378 e. The van der Waals surface area contributed by atoms with Crippen molar-refractivity contribution < 1.29 is 24.0 Å². The third-order valence-electron chi connectivity index (χ3n) is 12.1. The van der Waals surface area contributed by atoms with E-state index in [1.165, 1.54) is 54.9 Å². The molecule has 8 rings (SSSR count). The molecule has 5 aromatic rings. The van der Waals surface area contributed by atoms with E-state index in [1.54, 1.807) is 17.3 Å². The lowest BCUT2D eigenvalue weighted by molar-refractivity contribution is 0.0278. The molecule has 0 radical (unpaired) electrons. The van der Waals surface area contributed by atoms with Crippen molar-refractivity contribution >= 4 is 56.2 Å². The van der Waals surface area contributed by atoms with Crippen molar-refractivity contribution in [3.8, 4) is 0 Å². The fourth-order valence-corrected chi connectivity index (χ4v) is 9.07. The monoisotopic (exact) mass is 758 g/mol. The molecule has 11 nitrogen and oxygen atoms in total. The van der Waals surface area contributed by atoms with Crippen molar-refractivity contribution in [3.63, 3.8) is 0 Å². The predicted octanol–water partition coefficient (Wildman–Crippen LogP) is 10.4. The first kappa shape index (κ1) is 37.9. The van der Waals surface area contributed by atoms with Crippen LogP contribution in [0.15, 0.2) is 77.6 Å². The number of fused-ring (bicyclic) bond motifs is 5. The summed E-state index contributed by atoms with van der Waals surface area (Å²) in [7, 11) is 0. The number of aromatic nitrogens is 3. The van der Waals surface area contributed by atoms with Gasteiger partial charge in [-0.3, -0.25) is 9.68 Å². The van der Waals surface area contributed by atoms with Gasteiger partial charge in [0.2, 0.25) is 0 Å². The third-order valence-corrected chi connectivity index (χ3v) is 12.1. The fraction of sp³-hybridized carbons (Fsp3) is 0.489. The summed E-state index contributed by atoms with van der Waals surface area (Å²) in [6.07, 6.45) is 19.0. The molecular formula is C45H54N6O5. The first-order chi connectivity index (χ1) is 27.6. The van der Waals surface area contributed by atoms with E-state index < -0.39 is 12.2 Å². The highest BCUT2D eigenvalue weighted by molar-refractivity contribution is 6.24. The van der Waals surface area contributed by atoms with E-state index in [4.69, 9.17) is 19.6 Å². The summed E-state index contributed by atoms with van der Waals surface area (Å²) < 4.78 is 9.24. The fourth-order valence-electron chi connectivity index (χ4n) is 9.07. The summed E-state index contributed by atoms with van der Waals surface area (Å²) in [6, 6.07) is 17.5. The molecule has 11 heteroatoms. The Hall–Kier alpha value is -5.03. The van der Waals surface area contributed by atoms with Crippen molar-refractivity contribution in [3.05, 3.63) is 78.4 Å². The second-order valence-electron chi connectivity index (χ2n) is 15.9. The summed E-state index contributed by atoms with van der Waals surface area (Å²) >= 11 is 0. The number of hydrogen-bond acceptors (Lipinski definition) is 8. The number of carbonyl (C=O) groups excluding carboxylic acids is 2. The molecule has 294 valence electrons. The highest BCUT2D eigenvalue weighted by atomic mass is 16.7. The molecule has 0 atom stereocenters. The molecule has 3 aliphatic rings. The number of unbranched alkanes of at least 4 members (excludes halogenated alkanes) is 1. The number of rotatable bonds is 11. The molecule has 2 aliphatic carbocycles. The van der Waals surface area contributed by atoms with Crippen LogP contribution in [-0.2, 0) is 21.0 Å². The summed E-state index contributed by atoms with van der Waals surface area (Å²) in [5, 5.41) is 13.8. The average Bonchev–Trinajstić information content (AvgIpc) is 3.91. The van der Waals surface area contributed by atoms with Crippen molar-refractivity contribution in [1.82, 2.24) is 19.0 Å². The lowest BCUT2D eigenvalue weighted by Gasteiger charge is -2.25. The second-order valence-corrected chi connectivity index (χ2v) is 15.9. The normalized spacial score (nSPS) is 17.9. The van der Waals surface area contributed by atoms with E-state index in [-0.39, 0.29) is 0 Å². The van der Waals surface area contributed by atoms with Crippen molar-refractivity contribution in [1.29, 1.82) is 0 Å². The number of amides is 1. The minimum atomic E-state index is -0.587. The number of morpholine rings is 1. The van der Waals surface area contributed by atoms with Crippen LogP contribution < -0.4 is 0 Å². The molecule has 0 unspecified atom stereocenters. The molecule has 2 saturated carbocycles. The van der Waals surface area contributed by atoms with Gasteiger partial charge < -0.3 is 14.2 Å². The Morgan fingerprint density at radius 3 is 2.16 bits per heavy atom. The quantitative estimate of drug-likeness (QED) is 0.0753. The van der Waals surface area contributed by atoms with Crippen LogP contribution in [0.3, 0.4) is 0 Å². The molecular weight excluding hydrogens is 705 g/mol. The topological polar surface area (TPSA) is 113 Å². The van der Waals surface area contributed by atoms with Crippen LogP contribution >= 0.6 is 0 Å². The van der Waals surface area contributed by atoms with Crippen LogP contribution in [-0.4, -0.2) is 68.9 Å². The number of benzene rings is 3. The number of imidazole rings is 1. The Kier molecular flexibility index (Phi) is 12.1. The summed E-state index contributed by atoms with van der Waals surface area (Å²) in [4.78, 5) is 43.2. The minimum absolute atomic E-state index is 0.431. The number of aryl methyl sites for hydroxylation is 1. The summed E-state index contributed by atoms with van der Waals surface area (Å²) in [5.41, 5.74) is 5.87. The van der Waals surface area contributed by atoms with Gasteiger partial charge in [0.1, 0.15) is 6.33 Å². The Labute approximate surface area is 328 Å². The van der Waals surface area contributed by atoms with Gasteiger partial charge in [-0.2, -0.15) is 0 Å². The Balaban J connectivity index is 1.27. The first-order valence-electron chi connectivity index (χ1n) is 20.9. The maximum Gasteiger partial charge on any atom is 0.445 e. The standard InChI is InChI=1S/C45H54N6O5/c1-2-3-21-51-42-19-18-34(40(27-32-12-6-4-7-13-32)47-56-45(53)50-22-20-46-31-50)29-38(42)39-30-37(35-16-10-11-17-36(35)43(39)51)41(28-33-14-8-5-9-15-33)48-55-44(52)49-23-25-54-26-24-49/h10-11,16-20,22,29-33H,2-9,12-15,21,23-28H2,1H3/b47-40+,48-41+. The second kappa shape index (κ2) is 17.8. The zero-order valence-corrected chi connectivity index (χ0v) is 32.7. The molecule has 2 aromatic heterocycles. The predicted molar refractivity (Wildman–Crippen MR) is 220 cm³/mol. The Morgan fingerprint density at radius 1 is 0.786 bits per heavy atom. The van der Waals surface area contributed by atoms with Crippen LogP contribution in [0, 0.1) is 11.8 Å². The summed E-state index contributed by atoms with van der Waals surface area (Å²) in [5.74, 6) is 0.949.